The van der Waals surface area contributed by atoms with E-state index in [0.29, 0.717) is 13.0 Å². The maximum Gasteiger partial charge on any atom is 0.289 e. The number of ether oxygens (including phenoxy) is 1. The molecule has 0 spiro atoms. The van der Waals surface area contributed by atoms with Crippen LogP contribution in [0.4, 0.5) is 0 Å². The van der Waals surface area contributed by atoms with Crippen molar-refractivity contribution in [2.24, 2.45) is 17.4 Å². The van der Waals surface area contributed by atoms with Gasteiger partial charge in [0.05, 0.1) is 6.73 Å². The summed E-state index contributed by atoms with van der Waals surface area (Å²) in [5.41, 5.74) is 11.7. The second-order valence-corrected chi connectivity index (χ2v) is 6.31. The first-order chi connectivity index (χ1) is 12.4. The van der Waals surface area contributed by atoms with Gasteiger partial charge in [-0.3, -0.25) is 9.59 Å². The lowest BCUT2D eigenvalue weighted by Crippen LogP contribution is -2.49. The molecule has 0 bridgehead atoms. The molecule has 0 saturated carbocycles. The van der Waals surface area contributed by atoms with Crippen LogP contribution in [0.5, 0.6) is 5.75 Å². The van der Waals surface area contributed by atoms with E-state index in [1.165, 1.54) is 0 Å². The molecule has 1 aromatic carbocycles. The molecule has 0 heterocycles. The molecule has 2 amide bonds. The molecule has 0 aliphatic heterocycles. The van der Waals surface area contributed by atoms with E-state index >= 15 is 0 Å². The van der Waals surface area contributed by atoms with Gasteiger partial charge in [0.2, 0.25) is 11.8 Å². The van der Waals surface area contributed by atoms with E-state index in [4.69, 9.17) is 20.9 Å². The van der Waals surface area contributed by atoms with Gasteiger partial charge in [-0.1, -0.05) is 38.6 Å². The summed E-state index contributed by atoms with van der Waals surface area (Å²) in [5, 5.41) is 2.71. The van der Waals surface area contributed by atoms with Crippen molar-refractivity contribution in [1.82, 2.24) is 5.32 Å². The fourth-order valence-corrected chi connectivity index (χ4v) is 2.44. The van der Waals surface area contributed by atoms with Crippen molar-refractivity contribution >= 4 is 19.3 Å². The van der Waals surface area contributed by atoms with Crippen LogP contribution >= 0.6 is 0 Å². The summed E-state index contributed by atoms with van der Waals surface area (Å²) < 4.78 is 10.7. The van der Waals surface area contributed by atoms with Crippen molar-refractivity contribution < 1.29 is 19.0 Å². The minimum absolute atomic E-state index is 0.0154. The predicted octanol–water partition coefficient (Wildman–Crippen LogP) is 0.493. The monoisotopic (exact) mass is 361 g/mol. The molecule has 26 heavy (non-hydrogen) atoms. The summed E-state index contributed by atoms with van der Waals surface area (Å²) in [6, 6.07) is 6.71. The van der Waals surface area contributed by atoms with Crippen molar-refractivity contribution in [3.05, 3.63) is 42.5 Å². The molecule has 0 fully saturated rings. The smallest absolute Gasteiger partial charge is 0.289 e. The quantitative estimate of drug-likeness (QED) is 0.285. The largest absolute Gasteiger partial charge is 0.490 e. The lowest BCUT2D eigenvalue weighted by molar-refractivity contribution is -0.128. The van der Waals surface area contributed by atoms with Crippen LogP contribution in [0.1, 0.15) is 19.4 Å². The average Bonchev–Trinajstić information content (AvgIpc) is 2.61. The van der Waals surface area contributed by atoms with Gasteiger partial charge < -0.3 is 26.2 Å². The van der Waals surface area contributed by atoms with E-state index in [-0.39, 0.29) is 26.0 Å². The van der Waals surface area contributed by atoms with E-state index in [1.54, 1.807) is 6.08 Å². The summed E-state index contributed by atoms with van der Waals surface area (Å²) in [6.07, 6.45) is 2.11. The van der Waals surface area contributed by atoms with Crippen LogP contribution in [0.15, 0.2) is 36.9 Å². The SMILES string of the molecule is C=CCOc1ccc(C[C@H](BOCN)C(=O)N[C@H](C(N)=O)C(C)C)cc1. The number of hydrogen-bond acceptors (Lipinski definition) is 5. The molecule has 0 unspecified atom stereocenters. The molecule has 2 atom stereocenters. The Morgan fingerprint density at radius 3 is 2.46 bits per heavy atom. The van der Waals surface area contributed by atoms with Gasteiger partial charge in [-0.15, -0.1) is 0 Å². The summed E-state index contributed by atoms with van der Waals surface area (Å²) in [6.45, 7) is 7.69. The summed E-state index contributed by atoms with van der Waals surface area (Å²) >= 11 is 0. The van der Waals surface area contributed by atoms with Crippen LogP contribution in [0.25, 0.3) is 0 Å². The summed E-state index contributed by atoms with van der Waals surface area (Å²) in [7, 11) is 0.153. The highest BCUT2D eigenvalue weighted by atomic mass is 16.5. The van der Waals surface area contributed by atoms with Crippen molar-refractivity contribution in [3.63, 3.8) is 0 Å². The lowest BCUT2D eigenvalue weighted by atomic mass is 9.75. The Morgan fingerprint density at radius 2 is 1.96 bits per heavy atom. The van der Waals surface area contributed by atoms with Crippen molar-refractivity contribution in [2.75, 3.05) is 13.3 Å². The zero-order chi connectivity index (χ0) is 19.5. The van der Waals surface area contributed by atoms with Crippen LogP contribution in [0.3, 0.4) is 0 Å². The molecule has 1 rings (SSSR count). The van der Waals surface area contributed by atoms with Crippen molar-refractivity contribution in [3.8, 4) is 5.75 Å². The number of nitrogens with one attached hydrogen (secondary N) is 1. The normalized spacial score (nSPS) is 12.9. The van der Waals surface area contributed by atoms with Crippen LogP contribution in [0, 0.1) is 5.92 Å². The number of rotatable bonds is 12. The van der Waals surface area contributed by atoms with Crippen LogP contribution in [-0.4, -0.2) is 38.7 Å². The zero-order valence-corrected chi connectivity index (χ0v) is 15.4. The number of hydrogen-bond donors (Lipinski definition) is 3. The molecule has 5 N–H and O–H groups in total. The molecule has 8 heteroatoms. The van der Waals surface area contributed by atoms with E-state index in [1.807, 2.05) is 38.1 Å². The molecule has 7 nitrogen and oxygen atoms in total. The van der Waals surface area contributed by atoms with Gasteiger partial charge >= 0.3 is 0 Å². The minimum atomic E-state index is -0.724. The number of carbonyl (C=O) groups excluding carboxylic acids is 2. The van der Waals surface area contributed by atoms with Crippen LogP contribution in [-0.2, 0) is 20.7 Å². The lowest BCUT2D eigenvalue weighted by Gasteiger charge is -2.22. The Hall–Kier alpha value is -2.32. The number of nitrogens with two attached hydrogens (primary N) is 2. The van der Waals surface area contributed by atoms with Gasteiger partial charge in [0, 0.05) is 5.82 Å². The zero-order valence-electron chi connectivity index (χ0n) is 15.4. The van der Waals surface area contributed by atoms with E-state index in [9.17, 15) is 9.59 Å². The third-order valence-electron chi connectivity index (χ3n) is 3.85. The first-order valence-electron chi connectivity index (χ1n) is 8.59. The highest BCUT2D eigenvalue weighted by Gasteiger charge is 2.27. The van der Waals surface area contributed by atoms with E-state index in [2.05, 4.69) is 11.9 Å². The van der Waals surface area contributed by atoms with Gasteiger partial charge in [0.1, 0.15) is 18.4 Å². The highest BCUT2D eigenvalue weighted by molar-refractivity contribution is 6.37. The maximum atomic E-state index is 12.6. The molecule has 0 aliphatic rings. The highest BCUT2D eigenvalue weighted by Crippen LogP contribution is 2.18. The Morgan fingerprint density at radius 1 is 1.31 bits per heavy atom. The molecule has 142 valence electrons. The molecular weight excluding hydrogens is 333 g/mol. The fraction of sp³-hybridized carbons (Fsp3) is 0.444. The molecule has 0 aromatic heterocycles. The second-order valence-electron chi connectivity index (χ2n) is 6.31. The van der Waals surface area contributed by atoms with Gasteiger partial charge in [0.25, 0.3) is 7.48 Å². The minimum Gasteiger partial charge on any atom is -0.490 e. The van der Waals surface area contributed by atoms with Gasteiger partial charge in [-0.05, 0) is 30.0 Å². The standard InChI is InChI=1S/C18H28BN3O4/c1-4-9-25-14-7-5-13(6-8-14)10-15(19-26-11-20)18(24)22-16(12(2)3)17(21)23/h4-8,12,15-16,19H,1,9-11,20H2,2-3H3,(H2,21,23)(H,22,24)/t15-,16-/m0/s1. The Balaban J connectivity index is 2.80. The molecule has 0 aliphatic carbocycles. The van der Waals surface area contributed by atoms with Gasteiger partial charge in [-0.25, -0.2) is 0 Å². The molecule has 0 radical (unpaired) electrons. The maximum absolute atomic E-state index is 12.6. The van der Waals surface area contributed by atoms with Crippen molar-refractivity contribution in [2.45, 2.75) is 32.1 Å². The number of primary amides is 1. The fourth-order valence-electron chi connectivity index (χ4n) is 2.44. The van der Waals surface area contributed by atoms with Crippen LogP contribution < -0.4 is 21.5 Å². The number of carbonyl (C=O) groups is 2. The third kappa shape index (κ3) is 7.29. The number of benzene rings is 1. The third-order valence-corrected chi connectivity index (χ3v) is 3.85. The Labute approximate surface area is 155 Å². The predicted molar refractivity (Wildman–Crippen MR) is 103 cm³/mol. The Bertz CT molecular complexity index is 593. The van der Waals surface area contributed by atoms with E-state index in [0.717, 1.165) is 11.3 Å². The van der Waals surface area contributed by atoms with Gasteiger partial charge in [-0.2, -0.15) is 0 Å². The average molecular weight is 361 g/mol. The van der Waals surface area contributed by atoms with Crippen molar-refractivity contribution in [1.29, 1.82) is 0 Å². The first-order valence-corrected chi connectivity index (χ1v) is 8.59. The summed E-state index contributed by atoms with van der Waals surface area (Å²) in [4.78, 5) is 24.1. The van der Waals surface area contributed by atoms with Crippen LogP contribution in [0.2, 0.25) is 5.82 Å². The molecular formula is C18H28BN3O4. The second kappa shape index (κ2) is 11.3. The molecule has 1 aromatic rings. The molecule has 0 saturated heterocycles. The topological polar surface area (TPSA) is 117 Å². The van der Waals surface area contributed by atoms with E-state index < -0.39 is 17.8 Å². The summed E-state index contributed by atoms with van der Waals surface area (Å²) in [5.74, 6) is -0.715. The Kier molecular flexibility index (Phi) is 9.47. The first kappa shape index (κ1) is 21.7. The van der Waals surface area contributed by atoms with Gasteiger partial charge in [0.15, 0.2) is 0 Å². The number of amides is 2.